The smallest absolute Gasteiger partial charge is 0.261 e. The highest BCUT2D eigenvalue weighted by Crippen LogP contribution is 2.26. The minimum absolute atomic E-state index is 0.186. The molecule has 0 saturated carbocycles. The summed E-state index contributed by atoms with van der Waals surface area (Å²) in [4.78, 5) is 4.31. The van der Waals surface area contributed by atoms with E-state index in [9.17, 15) is 8.78 Å². The van der Waals surface area contributed by atoms with Gasteiger partial charge in [-0.15, -0.1) is 0 Å². The van der Waals surface area contributed by atoms with Crippen molar-refractivity contribution in [3.05, 3.63) is 11.7 Å². The highest BCUT2D eigenvalue weighted by atomic mass is 19.3. The maximum Gasteiger partial charge on any atom is 0.261 e. The van der Waals surface area contributed by atoms with Crippen LogP contribution in [0.2, 0.25) is 0 Å². The Morgan fingerprint density at radius 3 is 3.11 bits per heavy atom. The summed E-state index contributed by atoms with van der Waals surface area (Å²) in [7, 11) is 0. The standard InChI is InChI=1S/C12H19F2N3O2/c1-8-6-9(2-4-15-8)12-16-11(17-19-12)3-5-18-7-10(13)14/h8-10,15H,2-7H2,1H3. The van der Waals surface area contributed by atoms with Crippen LogP contribution in [0.25, 0.3) is 0 Å². The number of hydrogen-bond acceptors (Lipinski definition) is 5. The van der Waals surface area contributed by atoms with Crippen LogP contribution in [-0.2, 0) is 11.2 Å². The third kappa shape index (κ3) is 4.50. The maximum atomic E-state index is 11.9. The lowest BCUT2D eigenvalue weighted by Crippen LogP contribution is -2.34. The summed E-state index contributed by atoms with van der Waals surface area (Å²) in [6, 6.07) is 0.448. The van der Waals surface area contributed by atoms with E-state index in [4.69, 9.17) is 9.26 Å². The van der Waals surface area contributed by atoms with E-state index in [1.165, 1.54) is 0 Å². The number of nitrogens with one attached hydrogen (secondary N) is 1. The van der Waals surface area contributed by atoms with Crippen LogP contribution >= 0.6 is 0 Å². The van der Waals surface area contributed by atoms with Crippen LogP contribution in [0.5, 0.6) is 0 Å². The number of ether oxygens (including phenoxy) is 1. The van der Waals surface area contributed by atoms with Gasteiger partial charge in [0, 0.05) is 18.4 Å². The van der Waals surface area contributed by atoms with E-state index in [1.807, 2.05) is 0 Å². The molecule has 0 bridgehead atoms. The summed E-state index contributed by atoms with van der Waals surface area (Å²) in [6.07, 6.45) is -0.0780. The predicted molar refractivity (Wildman–Crippen MR) is 64.3 cm³/mol. The monoisotopic (exact) mass is 275 g/mol. The fraction of sp³-hybridized carbons (Fsp3) is 0.833. The largest absolute Gasteiger partial charge is 0.375 e. The molecule has 1 aromatic rings. The molecule has 2 unspecified atom stereocenters. The van der Waals surface area contributed by atoms with Crippen molar-refractivity contribution in [3.8, 4) is 0 Å². The number of rotatable bonds is 6. The van der Waals surface area contributed by atoms with Crippen LogP contribution in [0, 0.1) is 0 Å². The topological polar surface area (TPSA) is 60.2 Å². The third-order valence-corrected chi connectivity index (χ3v) is 3.17. The van der Waals surface area contributed by atoms with Crippen molar-refractivity contribution in [2.45, 2.75) is 44.6 Å². The van der Waals surface area contributed by atoms with Gasteiger partial charge in [0.15, 0.2) is 5.82 Å². The molecule has 0 radical (unpaired) electrons. The first-order chi connectivity index (χ1) is 9.15. The molecular weight excluding hydrogens is 256 g/mol. The number of hydrogen-bond donors (Lipinski definition) is 1. The molecule has 1 aliphatic rings. The van der Waals surface area contributed by atoms with Crippen LogP contribution in [-0.4, -0.2) is 42.4 Å². The van der Waals surface area contributed by atoms with Crippen LogP contribution in [0.4, 0.5) is 8.78 Å². The molecule has 7 heteroatoms. The lowest BCUT2D eigenvalue weighted by atomic mass is 9.93. The van der Waals surface area contributed by atoms with Crippen molar-refractivity contribution in [1.82, 2.24) is 15.5 Å². The SMILES string of the molecule is CC1CC(c2nc(CCOCC(F)F)no2)CCN1. The molecule has 0 spiro atoms. The minimum Gasteiger partial charge on any atom is -0.375 e. The van der Waals surface area contributed by atoms with Gasteiger partial charge in [-0.25, -0.2) is 8.78 Å². The number of alkyl halides is 2. The second-order valence-electron chi connectivity index (χ2n) is 4.84. The molecule has 0 aliphatic carbocycles. The average Bonchev–Trinajstić information content (AvgIpc) is 2.83. The van der Waals surface area contributed by atoms with Crippen molar-refractivity contribution in [1.29, 1.82) is 0 Å². The highest BCUT2D eigenvalue weighted by molar-refractivity contribution is 4.97. The first kappa shape index (κ1) is 14.3. The normalized spacial score (nSPS) is 24.0. The molecule has 0 aromatic carbocycles. The molecule has 19 heavy (non-hydrogen) atoms. The molecule has 1 aliphatic heterocycles. The van der Waals surface area contributed by atoms with Gasteiger partial charge in [0.05, 0.1) is 6.61 Å². The Morgan fingerprint density at radius 1 is 1.53 bits per heavy atom. The van der Waals surface area contributed by atoms with Gasteiger partial charge >= 0.3 is 0 Å². The zero-order valence-corrected chi connectivity index (χ0v) is 10.9. The van der Waals surface area contributed by atoms with E-state index in [-0.39, 0.29) is 6.61 Å². The summed E-state index contributed by atoms with van der Waals surface area (Å²) in [6.45, 7) is 2.71. The number of nitrogens with zero attached hydrogens (tertiary/aromatic N) is 2. The Labute approximate surface area is 110 Å². The molecule has 2 heterocycles. The molecular formula is C12H19F2N3O2. The van der Waals surface area contributed by atoms with Crippen molar-refractivity contribution < 1.29 is 18.0 Å². The van der Waals surface area contributed by atoms with E-state index in [1.54, 1.807) is 0 Å². The van der Waals surface area contributed by atoms with Crippen molar-refractivity contribution >= 4 is 0 Å². The first-order valence-electron chi connectivity index (χ1n) is 6.57. The van der Waals surface area contributed by atoms with Gasteiger partial charge in [-0.3, -0.25) is 0 Å². The molecule has 2 rings (SSSR count). The fourth-order valence-electron chi connectivity index (χ4n) is 2.23. The number of aromatic nitrogens is 2. The van der Waals surface area contributed by atoms with Crippen LogP contribution in [0.15, 0.2) is 4.52 Å². The van der Waals surface area contributed by atoms with Crippen molar-refractivity contribution in [3.63, 3.8) is 0 Å². The quantitative estimate of drug-likeness (QED) is 0.801. The van der Waals surface area contributed by atoms with E-state index < -0.39 is 13.0 Å². The Kier molecular flexibility index (Phi) is 5.21. The van der Waals surface area contributed by atoms with E-state index in [0.29, 0.717) is 30.1 Å². The molecule has 1 aromatic heterocycles. The van der Waals surface area contributed by atoms with Gasteiger partial charge in [0.2, 0.25) is 5.89 Å². The van der Waals surface area contributed by atoms with Gasteiger partial charge in [0.25, 0.3) is 6.43 Å². The second kappa shape index (κ2) is 6.91. The lowest BCUT2D eigenvalue weighted by Gasteiger charge is -2.25. The molecule has 5 nitrogen and oxygen atoms in total. The Bertz CT molecular complexity index is 387. The van der Waals surface area contributed by atoms with E-state index in [2.05, 4.69) is 22.4 Å². The van der Waals surface area contributed by atoms with Crippen molar-refractivity contribution in [2.75, 3.05) is 19.8 Å². The predicted octanol–water partition coefficient (Wildman–Crippen LogP) is 1.75. The van der Waals surface area contributed by atoms with Gasteiger partial charge in [-0.05, 0) is 26.3 Å². The Balaban J connectivity index is 1.78. The summed E-state index contributed by atoms with van der Waals surface area (Å²) >= 11 is 0. The Hall–Kier alpha value is -1.08. The first-order valence-corrected chi connectivity index (χ1v) is 6.57. The maximum absolute atomic E-state index is 11.9. The van der Waals surface area contributed by atoms with Crippen LogP contribution in [0.1, 0.15) is 37.4 Å². The van der Waals surface area contributed by atoms with Gasteiger partial charge < -0.3 is 14.6 Å². The number of piperidine rings is 1. The van der Waals surface area contributed by atoms with Gasteiger partial charge in [-0.1, -0.05) is 5.16 Å². The van der Waals surface area contributed by atoms with E-state index >= 15 is 0 Å². The minimum atomic E-state index is -2.43. The zero-order valence-electron chi connectivity index (χ0n) is 10.9. The Morgan fingerprint density at radius 2 is 2.37 bits per heavy atom. The average molecular weight is 275 g/mol. The molecule has 1 fully saturated rings. The van der Waals surface area contributed by atoms with Gasteiger partial charge in [-0.2, -0.15) is 4.98 Å². The molecule has 1 saturated heterocycles. The van der Waals surface area contributed by atoms with Crippen LogP contribution < -0.4 is 5.32 Å². The lowest BCUT2D eigenvalue weighted by molar-refractivity contribution is 0.0182. The summed E-state index contributed by atoms with van der Waals surface area (Å²) in [5.41, 5.74) is 0. The molecule has 1 N–H and O–H groups in total. The summed E-state index contributed by atoms with van der Waals surface area (Å²) in [5, 5.41) is 7.22. The molecule has 0 amide bonds. The molecule has 108 valence electrons. The van der Waals surface area contributed by atoms with Crippen LogP contribution in [0.3, 0.4) is 0 Å². The van der Waals surface area contributed by atoms with E-state index in [0.717, 1.165) is 19.4 Å². The summed E-state index contributed by atoms with van der Waals surface area (Å²) < 4.78 is 33.8. The highest BCUT2D eigenvalue weighted by Gasteiger charge is 2.24. The van der Waals surface area contributed by atoms with Gasteiger partial charge in [0.1, 0.15) is 6.61 Å². The third-order valence-electron chi connectivity index (χ3n) is 3.17. The van der Waals surface area contributed by atoms with Crippen molar-refractivity contribution in [2.24, 2.45) is 0 Å². The fourth-order valence-corrected chi connectivity index (χ4v) is 2.23. The number of halogens is 2. The second-order valence-corrected chi connectivity index (χ2v) is 4.84. The summed E-state index contributed by atoms with van der Waals surface area (Å²) in [5.74, 6) is 1.46. The molecule has 2 atom stereocenters. The zero-order chi connectivity index (χ0) is 13.7.